The fourth-order valence-corrected chi connectivity index (χ4v) is 4.58. The maximum atomic E-state index is 12.8. The molecule has 3 heterocycles. The van der Waals surface area contributed by atoms with Gasteiger partial charge in [0.1, 0.15) is 11.2 Å². The van der Waals surface area contributed by atoms with Crippen molar-refractivity contribution in [3.8, 4) is 0 Å². The Kier molecular flexibility index (Phi) is 4.45. The Labute approximate surface area is 168 Å². The molecular weight excluding hydrogens is 366 g/mol. The average Bonchev–Trinajstić information content (AvgIpc) is 3.05. The van der Waals surface area contributed by atoms with Gasteiger partial charge in [-0.15, -0.1) is 0 Å². The van der Waals surface area contributed by atoms with Crippen LogP contribution in [0.3, 0.4) is 0 Å². The van der Waals surface area contributed by atoms with Crippen LogP contribution in [0.15, 0.2) is 35.1 Å². The number of carbonyl (C=O) groups is 1. The third-order valence-corrected chi connectivity index (χ3v) is 6.25. The number of H-pyrrole nitrogens is 1. The Hall–Kier alpha value is -2.96. The average molecular weight is 391 g/mol. The zero-order valence-corrected chi connectivity index (χ0v) is 16.6. The predicted octanol–water partition coefficient (Wildman–Crippen LogP) is 3.17. The first-order chi connectivity index (χ1) is 14.1. The van der Waals surface area contributed by atoms with Gasteiger partial charge in [-0.3, -0.25) is 9.59 Å². The van der Waals surface area contributed by atoms with Crippen LogP contribution in [0.25, 0.3) is 11.0 Å². The van der Waals surface area contributed by atoms with Crippen molar-refractivity contribution in [2.45, 2.75) is 51.0 Å². The van der Waals surface area contributed by atoms with Crippen LogP contribution in [0.2, 0.25) is 0 Å². The maximum absolute atomic E-state index is 12.8. The van der Waals surface area contributed by atoms with E-state index in [1.54, 1.807) is 4.90 Å². The van der Waals surface area contributed by atoms with Crippen LogP contribution in [0.1, 0.15) is 65.9 Å². The molecule has 1 amide bonds. The lowest BCUT2D eigenvalue weighted by Crippen LogP contribution is -2.49. The Morgan fingerprint density at radius 1 is 1.10 bits per heavy atom. The van der Waals surface area contributed by atoms with E-state index in [1.165, 1.54) is 19.3 Å². The molecular formula is C22H25N5O2. The molecule has 0 spiro atoms. The molecule has 2 aromatic heterocycles. The van der Waals surface area contributed by atoms with Crippen molar-refractivity contribution in [3.63, 3.8) is 0 Å². The summed E-state index contributed by atoms with van der Waals surface area (Å²) in [4.78, 5) is 34.9. The zero-order valence-electron chi connectivity index (χ0n) is 16.6. The maximum Gasteiger partial charge on any atom is 0.262 e. The number of nitrogens with one attached hydrogen (secondary N) is 1. The fraction of sp³-hybridized carbons (Fsp3) is 0.455. The van der Waals surface area contributed by atoms with E-state index in [4.69, 9.17) is 4.98 Å². The van der Waals surface area contributed by atoms with Gasteiger partial charge in [0.25, 0.3) is 11.5 Å². The summed E-state index contributed by atoms with van der Waals surface area (Å²) in [6.07, 6.45) is 5.83. The van der Waals surface area contributed by atoms with E-state index in [2.05, 4.69) is 10.1 Å². The monoisotopic (exact) mass is 391 g/mol. The van der Waals surface area contributed by atoms with Crippen molar-refractivity contribution in [2.75, 3.05) is 13.1 Å². The number of aromatic amines is 1. The molecule has 1 aromatic carbocycles. The highest BCUT2D eigenvalue weighted by molar-refractivity contribution is 5.94. The quantitative estimate of drug-likeness (QED) is 0.743. The molecule has 0 unspecified atom stereocenters. The highest BCUT2D eigenvalue weighted by Crippen LogP contribution is 2.31. The fourth-order valence-electron chi connectivity index (χ4n) is 4.58. The lowest BCUT2D eigenvalue weighted by atomic mass is 9.95. The molecule has 5 rings (SSSR count). The van der Waals surface area contributed by atoms with E-state index in [9.17, 15) is 9.59 Å². The molecule has 0 atom stereocenters. The summed E-state index contributed by atoms with van der Waals surface area (Å²) in [6, 6.07) is 9.61. The van der Waals surface area contributed by atoms with Crippen molar-refractivity contribution >= 4 is 16.9 Å². The summed E-state index contributed by atoms with van der Waals surface area (Å²) in [5, 5.41) is 5.26. The van der Waals surface area contributed by atoms with Gasteiger partial charge in [0, 0.05) is 18.7 Å². The first-order valence-corrected chi connectivity index (χ1v) is 10.4. The number of aromatic nitrogens is 4. The molecule has 0 radical (unpaired) electrons. The second-order valence-electron chi connectivity index (χ2n) is 8.24. The van der Waals surface area contributed by atoms with E-state index >= 15 is 0 Å². The Balaban J connectivity index is 1.42. The molecule has 1 aliphatic heterocycles. The number of fused-ring (bicyclic) bond motifs is 1. The van der Waals surface area contributed by atoms with E-state index in [-0.39, 0.29) is 17.4 Å². The van der Waals surface area contributed by atoms with Gasteiger partial charge in [0.15, 0.2) is 5.65 Å². The van der Waals surface area contributed by atoms with E-state index < -0.39 is 0 Å². The summed E-state index contributed by atoms with van der Waals surface area (Å²) >= 11 is 0. The van der Waals surface area contributed by atoms with E-state index in [0.29, 0.717) is 41.6 Å². The third-order valence-electron chi connectivity index (χ3n) is 6.25. The molecule has 2 aliphatic rings. The number of amides is 1. The third kappa shape index (κ3) is 3.14. The summed E-state index contributed by atoms with van der Waals surface area (Å²) in [7, 11) is 0. The molecule has 7 heteroatoms. The van der Waals surface area contributed by atoms with Crippen molar-refractivity contribution in [1.82, 2.24) is 24.6 Å². The van der Waals surface area contributed by atoms with Crippen molar-refractivity contribution in [1.29, 1.82) is 0 Å². The van der Waals surface area contributed by atoms with Gasteiger partial charge in [0.2, 0.25) is 0 Å². The number of benzene rings is 1. The second-order valence-corrected chi connectivity index (χ2v) is 8.24. The van der Waals surface area contributed by atoms with Crippen LogP contribution in [0.4, 0.5) is 0 Å². The second kappa shape index (κ2) is 7.13. The SMILES string of the molecule is Cc1nn(C2CCCCC2)c2nc(C3CN(C(=O)c4ccccc4)C3)[nH]c(=O)c12. The molecule has 1 saturated carbocycles. The highest BCUT2D eigenvalue weighted by Gasteiger charge is 2.34. The van der Waals surface area contributed by atoms with Crippen LogP contribution in [-0.4, -0.2) is 43.6 Å². The molecule has 150 valence electrons. The number of rotatable bonds is 3. The Morgan fingerprint density at radius 3 is 2.55 bits per heavy atom. The molecule has 2 fully saturated rings. The minimum absolute atomic E-state index is 0.0216. The number of hydrogen-bond donors (Lipinski definition) is 1. The smallest absolute Gasteiger partial charge is 0.262 e. The molecule has 0 bridgehead atoms. The van der Waals surface area contributed by atoms with Crippen LogP contribution in [0.5, 0.6) is 0 Å². The highest BCUT2D eigenvalue weighted by atomic mass is 16.2. The number of hydrogen-bond acceptors (Lipinski definition) is 4. The lowest BCUT2D eigenvalue weighted by molar-refractivity contribution is 0.0594. The minimum atomic E-state index is -0.127. The van der Waals surface area contributed by atoms with Crippen molar-refractivity contribution in [3.05, 3.63) is 57.8 Å². The molecule has 1 aliphatic carbocycles. The predicted molar refractivity (Wildman–Crippen MR) is 110 cm³/mol. The van der Waals surface area contributed by atoms with E-state index in [0.717, 1.165) is 18.5 Å². The lowest BCUT2D eigenvalue weighted by Gasteiger charge is -2.38. The summed E-state index contributed by atoms with van der Waals surface area (Å²) in [5.74, 6) is 0.736. The van der Waals surface area contributed by atoms with E-state index in [1.807, 2.05) is 41.9 Å². The first-order valence-electron chi connectivity index (χ1n) is 10.4. The van der Waals surface area contributed by atoms with Crippen LogP contribution >= 0.6 is 0 Å². The Morgan fingerprint density at radius 2 is 1.83 bits per heavy atom. The van der Waals surface area contributed by atoms with Crippen LogP contribution in [0, 0.1) is 6.92 Å². The molecule has 7 nitrogen and oxygen atoms in total. The first kappa shape index (κ1) is 18.1. The van der Waals surface area contributed by atoms with Crippen molar-refractivity contribution < 1.29 is 4.79 Å². The normalized spacial score (nSPS) is 18.2. The molecule has 1 N–H and O–H groups in total. The zero-order chi connectivity index (χ0) is 20.0. The number of nitrogens with zero attached hydrogens (tertiary/aromatic N) is 4. The van der Waals surface area contributed by atoms with Gasteiger partial charge in [0.05, 0.1) is 17.7 Å². The van der Waals surface area contributed by atoms with Gasteiger partial charge in [-0.1, -0.05) is 37.5 Å². The molecule has 29 heavy (non-hydrogen) atoms. The van der Waals surface area contributed by atoms with Gasteiger partial charge in [-0.25, -0.2) is 9.67 Å². The standard InChI is InChI=1S/C22H25N5O2/c1-14-18-20(27(25-14)17-10-6-3-7-11-17)23-19(24-21(18)28)16-12-26(13-16)22(29)15-8-4-2-5-9-15/h2,4-5,8-9,16-17H,3,6-7,10-13H2,1H3,(H,23,24,28). The number of aryl methyl sites for hydroxylation is 1. The molecule has 1 saturated heterocycles. The minimum Gasteiger partial charge on any atom is -0.337 e. The summed E-state index contributed by atoms with van der Waals surface area (Å²) < 4.78 is 1.98. The van der Waals surface area contributed by atoms with Crippen molar-refractivity contribution in [2.24, 2.45) is 0 Å². The number of carbonyl (C=O) groups excluding carboxylic acids is 1. The summed E-state index contributed by atoms with van der Waals surface area (Å²) in [6.45, 7) is 3.01. The van der Waals surface area contributed by atoms with Crippen LogP contribution < -0.4 is 5.56 Å². The van der Waals surface area contributed by atoms with Gasteiger partial charge in [-0.05, 0) is 31.9 Å². The molecule has 3 aromatic rings. The number of likely N-dealkylation sites (tertiary alicyclic amines) is 1. The van der Waals surface area contributed by atoms with Gasteiger partial charge in [-0.2, -0.15) is 5.10 Å². The van der Waals surface area contributed by atoms with Gasteiger partial charge >= 0.3 is 0 Å². The largest absolute Gasteiger partial charge is 0.337 e. The van der Waals surface area contributed by atoms with Crippen LogP contribution in [-0.2, 0) is 0 Å². The van der Waals surface area contributed by atoms with Gasteiger partial charge < -0.3 is 9.88 Å². The topological polar surface area (TPSA) is 83.9 Å². The summed E-state index contributed by atoms with van der Waals surface area (Å²) in [5.41, 5.74) is 1.99. The Bertz CT molecular complexity index is 1110.